The normalized spacial score (nSPS) is 15.5. The minimum Gasteiger partial charge on any atom is -0.494 e. The Kier molecular flexibility index (Phi) is 4.95. The molecule has 0 spiro atoms. The van der Waals surface area contributed by atoms with Crippen LogP contribution in [0.1, 0.15) is 6.42 Å². The quantitative estimate of drug-likeness (QED) is 0.701. The molecule has 0 unspecified atom stereocenters. The van der Waals surface area contributed by atoms with E-state index in [9.17, 15) is 0 Å². The summed E-state index contributed by atoms with van der Waals surface area (Å²) in [5.41, 5.74) is 3.07. The molecule has 0 amide bonds. The molecule has 1 aliphatic rings. The average molecular weight is 337 g/mol. The summed E-state index contributed by atoms with van der Waals surface area (Å²) in [5.74, 6) is 1.76. The number of benzene rings is 2. The molecule has 0 saturated carbocycles. The Balaban J connectivity index is 1.36. The van der Waals surface area contributed by atoms with Crippen molar-refractivity contribution in [3.05, 3.63) is 48.5 Å². The van der Waals surface area contributed by atoms with Crippen LogP contribution in [-0.4, -0.2) is 54.3 Å². The number of para-hydroxylation sites is 2. The highest BCUT2D eigenvalue weighted by atomic mass is 16.5. The lowest BCUT2D eigenvalue weighted by Crippen LogP contribution is -2.37. The highest BCUT2D eigenvalue weighted by molar-refractivity contribution is 5.79. The number of hydrogen-bond acceptors (Lipinski definition) is 4. The predicted molar refractivity (Wildman–Crippen MR) is 98.9 cm³/mol. The van der Waals surface area contributed by atoms with Gasteiger partial charge in [0.15, 0.2) is 0 Å². The van der Waals surface area contributed by atoms with Gasteiger partial charge in [-0.2, -0.15) is 0 Å². The van der Waals surface area contributed by atoms with Crippen molar-refractivity contribution in [3.8, 4) is 17.1 Å². The van der Waals surface area contributed by atoms with Gasteiger partial charge in [-0.1, -0.05) is 24.3 Å². The molecule has 130 valence electrons. The first kappa shape index (κ1) is 16.1. The van der Waals surface area contributed by atoms with Gasteiger partial charge >= 0.3 is 0 Å². The van der Waals surface area contributed by atoms with Gasteiger partial charge in [0.2, 0.25) is 0 Å². The molecule has 0 bridgehead atoms. The van der Waals surface area contributed by atoms with Gasteiger partial charge in [-0.3, -0.25) is 4.90 Å². The first-order valence-corrected chi connectivity index (χ1v) is 8.86. The summed E-state index contributed by atoms with van der Waals surface area (Å²) in [7, 11) is 0. The zero-order chi connectivity index (χ0) is 16.9. The lowest BCUT2D eigenvalue weighted by atomic mass is 10.2. The lowest BCUT2D eigenvalue weighted by Gasteiger charge is -2.26. The maximum atomic E-state index is 5.93. The number of rotatable bonds is 6. The van der Waals surface area contributed by atoms with Crippen molar-refractivity contribution in [1.29, 1.82) is 0 Å². The van der Waals surface area contributed by atoms with Crippen LogP contribution in [0.4, 0.5) is 0 Å². The Morgan fingerprint density at radius 3 is 2.84 bits per heavy atom. The fourth-order valence-corrected chi connectivity index (χ4v) is 3.13. The van der Waals surface area contributed by atoms with Crippen LogP contribution in [0.3, 0.4) is 0 Å². The van der Waals surface area contributed by atoms with Crippen LogP contribution in [0.5, 0.6) is 5.75 Å². The van der Waals surface area contributed by atoms with Gasteiger partial charge in [-0.05, 0) is 30.7 Å². The second-order valence-electron chi connectivity index (χ2n) is 6.29. The second kappa shape index (κ2) is 7.68. The van der Waals surface area contributed by atoms with Crippen LogP contribution in [0.25, 0.3) is 22.4 Å². The lowest BCUT2D eigenvalue weighted by molar-refractivity contribution is 0.0358. The fraction of sp³-hybridized carbons (Fsp3) is 0.350. The summed E-state index contributed by atoms with van der Waals surface area (Å²) in [6.45, 7) is 5.54. The number of H-pyrrole nitrogens is 1. The molecule has 5 nitrogen and oxygen atoms in total. The molecular formula is C20H23N3O2. The number of imidazole rings is 1. The Morgan fingerprint density at radius 1 is 1.08 bits per heavy atom. The van der Waals surface area contributed by atoms with Gasteiger partial charge < -0.3 is 14.5 Å². The van der Waals surface area contributed by atoms with E-state index in [1.165, 1.54) is 0 Å². The molecule has 0 atom stereocenters. The number of hydrogen-bond donors (Lipinski definition) is 1. The Labute approximate surface area is 147 Å². The number of fused-ring (bicyclic) bond motifs is 1. The fourth-order valence-electron chi connectivity index (χ4n) is 3.13. The highest BCUT2D eigenvalue weighted by Crippen LogP contribution is 2.24. The van der Waals surface area contributed by atoms with Gasteiger partial charge in [-0.25, -0.2) is 4.98 Å². The molecule has 4 rings (SSSR count). The summed E-state index contributed by atoms with van der Waals surface area (Å²) in [6, 6.07) is 16.2. The van der Waals surface area contributed by atoms with Gasteiger partial charge in [0.25, 0.3) is 0 Å². The number of aromatic amines is 1. The topological polar surface area (TPSA) is 50.4 Å². The van der Waals surface area contributed by atoms with Crippen molar-refractivity contribution in [2.24, 2.45) is 0 Å². The van der Waals surface area contributed by atoms with E-state index in [0.29, 0.717) is 0 Å². The van der Waals surface area contributed by atoms with Crippen molar-refractivity contribution in [1.82, 2.24) is 14.9 Å². The molecule has 1 fully saturated rings. The molecule has 0 radical (unpaired) electrons. The van der Waals surface area contributed by atoms with Crippen LogP contribution >= 0.6 is 0 Å². The Hall–Kier alpha value is -2.37. The minimum atomic E-state index is 0.723. The van der Waals surface area contributed by atoms with Crippen LogP contribution in [0.15, 0.2) is 48.5 Å². The number of ether oxygens (including phenoxy) is 2. The monoisotopic (exact) mass is 337 g/mol. The second-order valence-corrected chi connectivity index (χ2v) is 6.29. The zero-order valence-electron chi connectivity index (χ0n) is 14.3. The first-order chi connectivity index (χ1) is 12.4. The molecule has 5 heteroatoms. The maximum Gasteiger partial charge on any atom is 0.138 e. The summed E-state index contributed by atoms with van der Waals surface area (Å²) >= 11 is 0. The van der Waals surface area contributed by atoms with Crippen molar-refractivity contribution in [2.45, 2.75) is 6.42 Å². The SMILES string of the molecule is c1cc(OCCCN2CCOCC2)cc(-c2nc3ccccc3[nH]2)c1. The Morgan fingerprint density at radius 2 is 1.96 bits per heavy atom. The molecule has 2 aromatic carbocycles. The van der Waals surface area contributed by atoms with E-state index in [1.54, 1.807) is 0 Å². The largest absolute Gasteiger partial charge is 0.494 e. The summed E-state index contributed by atoms with van der Waals surface area (Å²) < 4.78 is 11.3. The standard InChI is InChI=1S/C20H23N3O2/c1-2-8-19-18(7-1)21-20(22-19)16-5-3-6-17(15-16)25-12-4-9-23-10-13-24-14-11-23/h1-3,5-8,15H,4,9-14H2,(H,21,22). The zero-order valence-corrected chi connectivity index (χ0v) is 14.3. The minimum absolute atomic E-state index is 0.723. The van der Waals surface area contributed by atoms with Crippen LogP contribution in [-0.2, 0) is 4.74 Å². The maximum absolute atomic E-state index is 5.93. The van der Waals surface area contributed by atoms with Gasteiger partial charge in [-0.15, -0.1) is 0 Å². The molecule has 1 aromatic heterocycles. The Bertz CT molecular complexity index is 791. The number of nitrogens with zero attached hydrogens (tertiary/aromatic N) is 2. The third-order valence-corrected chi connectivity index (χ3v) is 4.49. The van der Waals surface area contributed by atoms with Crippen molar-refractivity contribution in [2.75, 3.05) is 39.5 Å². The van der Waals surface area contributed by atoms with E-state index in [-0.39, 0.29) is 0 Å². The smallest absolute Gasteiger partial charge is 0.138 e. The van der Waals surface area contributed by atoms with E-state index in [4.69, 9.17) is 9.47 Å². The average Bonchev–Trinajstić information content (AvgIpc) is 3.11. The van der Waals surface area contributed by atoms with Crippen LogP contribution < -0.4 is 4.74 Å². The molecule has 1 saturated heterocycles. The third kappa shape index (κ3) is 4.00. The molecule has 25 heavy (non-hydrogen) atoms. The van der Waals surface area contributed by atoms with E-state index < -0.39 is 0 Å². The third-order valence-electron chi connectivity index (χ3n) is 4.49. The van der Waals surface area contributed by atoms with E-state index in [2.05, 4.69) is 20.9 Å². The molecule has 3 aromatic rings. The van der Waals surface area contributed by atoms with E-state index in [1.807, 2.05) is 42.5 Å². The molecule has 1 N–H and O–H groups in total. The molecule has 2 heterocycles. The van der Waals surface area contributed by atoms with Crippen LogP contribution in [0, 0.1) is 0 Å². The number of aromatic nitrogens is 2. The van der Waals surface area contributed by atoms with Gasteiger partial charge in [0.1, 0.15) is 11.6 Å². The number of nitrogens with one attached hydrogen (secondary N) is 1. The molecule has 1 aliphatic heterocycles. The van der Waals surface area contributed by atoms with E-state index >= 15 is 0 Å². The molecule has 0 aliphatic carbocycles. The van der Waals surface area contributed by atoms with Gasteiger partial charge in [0.05, 0.1) is 30.9 Å². The van der Waals surface area contributed by atoms with Crippen molar-refractivity contribution >= 4 is 11.0 Å². The van der Waals surface area contributed by atoms with E-state index in [0.717, 1.165) is 74.0 Å². The number of morpholine rings is 1. The summed E-state index contributed by atoms with van der Waals surface area (Å²) in [5, 5.41) is 0. The van der Waals surface area contributed by atoms with Crippen LogP contribution in [0.2, 0.25) is 0 Å². The van der Waals surface area contributed by atoms with Gasteiger partial charge in [0, 0.05) is 25.2 Å². The van der Waals surface area contributed by atoms with Crippen molar-refractivity contribution < 1.29 is 9.47 Å². The highest BCUT2D eigenvalue weighted by Gasteiger charge is 2.10. The summed E-state index contributed by atoms with van der Waals surface area (Å²) in [6.07, 6.45) is 1.02. The first-order valence-electron chi connectivity index (χ1n) is 8.86. The van der Waals surface area contributed by atoms with Crippen molar-refractivity contribution in [3.63, 3.8) is 0 Å². The predicted octanol–water partition coefficient (Wildman–Crippen LogP) is 3.33. The summed E-state index contributed by atoms with van der Waals surface area (Å²) in [4.78, 5) is 10.4. The molecular weight excluding hydrogens is 314 g/mol.